The van der Waals surface area contributed by atoms with Gasteiger partial charge in [-0.25, -0.2) is 0 Å². The zero-order valence-corrected chi connectivity index (χ0v) is 10.4. The Morgan fingerprint density at radius 2 is 2.35 bits per heavy atom. The van der Waals surface area contributed by atoms with Crippen LogP contribution in [0.2, 0.25) is 0 Å². The minimum Gasteiger partial charge on any atom is -0.491 e. The van der Waals surface area contributed by atoms with Crippen molar-refractivity contribution in [3.05, 3.63) is 38.3 Å². The van der Waals surface area contributed by atoms with Gasteiger partial charge >= 0.3 is 0 Å². The number of halogens is 1. The summed E-state index contributed by atoms with van der Waals surface area (Å²) in [6.07, 6.45) is 0.734. The Balaban J connectivity index is 2.43. The molecule has 0 fully saturated rings. The van der Waals surface area contributed by atoms with E-state index in [9.17, 15) is 14.9 Å². The van der Waals surface area contributed by atoms with Gasteiger partial charge in [0, 0.05) is 10.5 Å². The van der Waals surface area contributed by atoms with E-state index in [-0.39, 0.29) is 13.2 Å². The van der Waals surface area contributed by atoms with Crippen molar-refractivity contribution in [3.63, 3.8) is 0 Å². The van der Waals surface area contributed by atoms with Crippen LogP contribution in [-0.2, 0) is 4.79 Å². The van der Waals surface area contributed by atoms with Crippen LogP contribution in [0.25, 0.3) is 0 Å². The summed E-state index contributed by atoms with van der Waals surface area (Å²) < 4.78 is 6.23. The first kappa shape index (κ1) is 12.0. The normalized spacial score (nSPS) is 22.4. The Labute approximate surface area is 106 Å². The molecule has 0 amide bonds. The van der Waals surface area contributed by atoms with Gasteiger partial charge in [0.25, 0.3) is 0 Å². The molecule has 1 aliphatic rings. The molecule has 1 aromatic carbocycles. The summed E-state index contributed by atoms with van der Waals surface area (Å²) in [5.74, 6) is -0.261. The molecule has 1 heterocycles. The quantitative estimate of drug-likeness (QED) is 0.486. The minimum absolute atomic E-state index is 0.192. The lowest BCUT2D eigenvalue weighted by molar-refractivity contribution is -0.484. The molecule has 5 nitrogen and oxygen atoms in total. The third-order valence-electron chi connectivity index (χ3n) is 2.85. The lowest BCUT2D eigenvalue weighted by Gasteiger charge is -2.28. The smallest absolute Gasteiger partial charge is 0.211 e. The van der Waals surface area contributed by atoms with Gasteiger partial charge in [0.15, 0.2) is 0 Å². The lowest BCUT2D eigenvalue weighted by Crippen LogP contribution is -2.31. The van der Waals surface area contributed by atoms with Gasteiger partial charge in [-0.3, -0.25) is 10.1 Å². The summed E-state index contributed by atoms with van der Waals surface area (Å²) in [6.45, 7) is -0.0617. The fourth-order valence-electron chi connectivity index (χ4n) is 2.02. The Hall–Kier alpha value is -1.43. The van der Waals surface area contributed by atoms with E-state index in [0.717, 1.165) is 16.3 Å². The number of nitrogens with zero attached hydrogens (tertiary/aromatic N) is 1. The van der Waals surface area contributed by atoms with Crippen LogP contribution >= 0.6 is 15.9 Å². The summed E-state index contributed by atoms with van der Waals surface area (Å²) >= 11 is 3.33. The molecule has 0 aliphatic carbocycles. The zero-order chi connectivity index (χ0) is 12.4. The number of carbonyl (C=O) groups is 1. The fourth-order valence-corrected chi connectivity index (χ4v) is 2.52. The average molecular weight is 300 g/mol. The first-order valence-electron chi connectivity index (χ1n) is 5.11. The van der Waals surface area contributed by atoms with Gasteiger partial charge in [-0.05, 0) is 22.0 Å². The van der Waals surface area contributed by atoms with Crippen LogP contribution in [0.3, 0.4) is 0 Å². The van der Waals surface area contributed by atoms with E-state index < -0.39 is 16.8 Å². The predicted octanol–water partition coefficient (Wildman–Crippen LogP) is 2.02. The zero-order valence-electron chi connectivity index (χ0n) is 8.84. The summed E-state index contributed by atoms with van der Waals surface area (Å²) in [6, 6.07) is 5.36. The third-order valence-corrected chi connectivity index (χ3v) is 3.48. The molecule has 0 aromatic heterocycles. The maximum absolute atomic E-state index is 10.9. The molecule has 1 aromatic rings. The van der Waals surface area contributed by atoms with Gasteiger partial charge in [-0.15, -0.1) is 0 Å². The average Bonchev–Trinajstić information content (AvgIpc) is 2.29. The second-order valence-electron chi connectivity index (χ2n) is 3.89. The topological polar surface area (TPSA) is 69.4 Å². The van der Waals surface area contributed by atoms with Crippen LogP contribution in [0, 0.1) is 16.0 Å². The molecule has 2 rings (SSSR count). The molecule has 0 spiro atoms. The standard InChI is InChI=1S/C11H10BrNO4/c12-10-3-1-2-8-9(4-13(15)16)7(5-14)6-17-11(8)10/h1-3,5,7,9H,4,6H2/t7-,9+/m0/s1. The van der Waals surface area contributed by atoms with E-state index in [0.29, 0.717) is 5.75 Å². The number of aldehydes is 1. The molecule has 90 valence electrons. The van der Waals surface area contributed by atoms with Gasteiger partial charge in [-0.1, -0.05) is 12.1 Å². The van der Waals surface area contributed by atoms with Gasteiger partial charge in [0.2, 0.25) is 6.54 Å². The van der Waals surface area contributed by atoms with Gasteiger partial charge in [0.1, 0.15) is 12.0 Å². The number of hydrogen-bond acceptors (Lipinski definition) is 4. The number of para-hydroxylation sites is 1. The van der Waals surface area contributed by atoms with Crippen molar-refractivity contribution < 1.29 is 14.5 Å². The number of ether oxygens (including phenoxy) is 1. The molecule has 1 aliphatic heterocycles. The van der Waals surface area contributed by atoms with E-state index in [1.807, 2.05) is 6.07 Å². The molecular formula is C11H10BrNO4. The van der Waals surface area contributed by atoms with Crippen LogP contribution in [0.5, 0.6) is 5.75 Å². The predicted molar refractivity (Wildman–Crippen MR) is 63.8 cm³/mol. The molecule has 0 saturated carbocycles. The third kappa shape index (κ3) is 2.31. The van der Waals surface area contributed by atoms with Crippen molar-refractivity contribution in [1.29, 1.82) is 0 Å². The van der Waals surface area contributed by atoms with Crippen LogP contribution in [0.15, 0.2) is 22.7 Å². The number of nitro groups is 1. The minimum atomic E-state index is -0.456. The molecule has 2 atom stereocenters. The summed E-state index contributed by atoms with van der Waals surface area (Å²) in [7, 11) is 0. The number of rotatable bonds is 3. The van der Waals surface area contributed by atoms with Crippen LogP contribution in [-0.4, -0.2) is 24.4 Å². The summed E-state index contributed by atoms with van der Waals surface area (Å²) in [4.78, 5) is 21.2. The first-order valence-corrected chi connectivity index (χ1v) is 5.91. The summed E-state index contributed by atoms with van der Waals surface area (Å²) in [5, 5.41) is 10.7. The molecule has 6 heteroatoms. The number of hydrogen-bond donors (Lipinski definition) is 0. The van der Waals surface area contributed by atoms with Crippen LogP contribution < -0.4 is 4.74 Å². The second kappa shape index (κ2) is 4.83. The highest BCUT2D eigenvalue weighted by Crippen LogP contribution is 2.40. The highest BCUT2D eigenvalue weighted by atomic mass is 79.9. The van der Waals surface area contributed by atoms with E-state index in [4.69, 9.17) is 4.74 Å². The maximum atomic E-state index is 10.9. The highest BCUT2D eigenvalue weighted by molar-refractivity contribution is 9.10. The van der Waals surface area contributed by atoms with E-state index in [1.54, 1.807) is 12.1 Å². The van der Waals surface area contributed by atoms with Gasteiger partial charge in [0.05, 0.1) is 22.9 Å². The monoisotopic (exact) mass is 299 g/mol. The van der Waals surface area contributed by atoms with Crippen LogP contribution in [0.1, 0.15) is 11.5 Å². The fraction of sp³-hybridized carbons (Fsp3) is 0.364. The number of benzene rings is 1. The van der Waals surface area contributed by atoms with Crippen molar-refractivity contribution >= 4 is 22.2 Å². The van der Waals surface area contributed by atoms with E-state index >= 15 is 0 Å². The number of carbonyl (C=O) groups excluding carboxylic acids is 1. The summed E-state index contributed by atoms with van der Waals surface area (Å²) in [5.41, 5.74) is 0.722. The Bertz CT molecular complexity index is 463. The molecule has 0 unspecified atom stereocenters. The van der Waals surface area contributed by atoms with Crippen molar-refractivity contribution in [3.8, 4) is 5.75 Å². The van der Waals surface area contributed by atoms with Gasteiger partial charge in [-0.2, -0.15) is 0 Å². The Kier molecular flexibility index (Phi) is 3.42. The number of fused-ring (bicyclic) bond motifs is 1. The first-order chi connectivity index (χ1) is 8.13. The van der Waals surface area contributed by atoms with E-state index in [2.05, 4.69) is 15.9 Å². The molecule has 0 N–H and O–H groups in total. The van der Waals surface area contributed by atoms with E-state index in [1.165, 1.54) is 0 Å². The van der Waals surface area contributed by atoms with Crippen LogP contribution in [0.4, 0.5) is 0 Å². The van der Waals surface area contributed by atoms with Crippen molar-refractivity contribution in [1.82, 2.24) is 0 Å². The largest absolute Gasteiger partial charge is 0.491 e. The maximum Gasteiger partial charge on any atom is 0.211 e. The Morgan fingerprint density at radius 1 is 1.59 bits per heavy atom. The highest BCUT2D eigenvalue weighted by Gasteiger charge is 2.35. The van der Waals surface area contributed by atoms with Gasteiger partial charge < -0.3 is 9.53 Å². The second-order valence-corrected chi connectivity index (χ2v) is 4.75. The molecule has 0 saturated heterocycles. The molecule has 0 radical (unpaired) electrons. The van der Waals surface area contributed by atoms with Crippen molar-refractivity contribution in [2.24, 2.45) is 5.92 Å². The molecular weight excluding hydrogens is 290 g/mol. The Morgan fingerprint density at radius 3 is 3.00 bits per heavy atom. The lowest BCUT2D eigenvalue weighted by atomic mass is 9.85. The molecule has 17 heavy (non-hydrogen) atoms. The molecule has 0 bridgehead atoms. The van der Waals surface area contributed by atoms with Crippen molar-refractivity contribution in [2.75, 3.05) is 13.2 Å². The van der Waals surface area contributed by atoms with Crippen molar-refractivity contribution in [2.45, 2.75) is 5.92 Å². The SMILES string of the molecule is O=C[C@H]1COc2c(Br)cccc2[C@@H]1C[N+](=O)[O-].